The Kier molecular flexibility index (Phi) is 24.6. The summed E-state index contributed by atoms with van der Waals surface area (Å²) in [7, 11) is -12.4. The molecule has 388 valence electrons. The van der Waals surface area contributed by atoms with E-state index >= 15 is 0 Å². The molecule has 0 spiro atoms. The molecular weight excluding hydrogens is 1030 g/mol. The fourth-order valence-corrected chi connectivity index (χ4v) is 8.88. The molecule has 2 fully saturated rings. The lowest BCUT2D eigenvalue weighted by atomic mass is 10.1. The molecule has 2 saturated heterocycles. The zero-order valence-electron chi connectivity index (χ0n) is 35.1. The molecule has 0 bridgehead atoms. The Balaban J connectivity index is 0.000000601. The normalized spacial score (nSPS) is 21.9. The van der Waals surface area contributed by atoms with E-state index in [1.54, 1.807) is 26.2 Å². The zero-order valence-corrected chi connectivity index (χ0v) is 40.1. The maximum Gasteiger partial charge on any atom is 0.490 e. The molecule has 10 atom stereocenters. The molecule has 12 N–H and O–H groups in total. The summed E-state index contributed by atoms with van der Waals surface area (Å²) in [5.74, 6) is 0.523. The van der Waals surface area contributed by atoms with Gasteiger partial charge in [0.1, 0.15) is 12.2 Å². The monoisotopic (exact) mass is 1080 g/mol. The van der Waals surface area contributed by atoms with Crippen molar-refractivity contribution in [2.45, 2.75) is 62.6 Å². The first-order valence-electron chi connectivity index (χ1n) is 18.8. The van der Waals surface area contributed by atoms with Gasteiger partial charge in [0.25, 0.3) is 11.1 Å². The van der Waals surface area contributed by atoms with Crippen LogP contribution in [0, 0.1) is 0 Å². The van der Waals surface area contributed by atoms with Crippen molar-refractivity contribution in [3.8, 4) is 0 Å². The molecule has 6 rings (SSSR count). The number of aromatic nitrogens is 8. The fourth-order valence-electron chi connectivity index (χ4n) is 5.82. The molecule has 0 radical (unpaired) electrons. The average Bonchev–Trinajstić information content (AvgIpc) is 4.05. The first-order valence-corrected chi connectivity index (χ1v) is 24.9. The summed E-state index contributed by atoms with van der Waals surface area (Å²) >= 11 is 0. The van der Waals surface area contributed by atoms with Crippen LogP contribution in [0.5, 0.6) is 0 Å². The van der Waals surface area contributed by atoms with Crippen LogP contribution in [0.2, 0.25) is 0 Å². The van der Waals surface area contributed by atoms with Crippen molar-refractivity contribution in [1.29, 1.82) is 0 Å². The van der Waals surface area contributed by atoms with Crippen LogP contribution in [0.25, 0.3) is 22.3 Å². The van der Waals surface area contributed by atoms with Gasteiger partial charge in [-0.05, 0) is 25.2 Å². The van der Waals surface area contributed by atoms with E-state index in [4.69, 9.17) is 34.5 Å². The lowest BCUT2D eigenvalue weighted by Gasteiger charge is -2.19. The van der Waals surface area contributed by atoms with E-state index < -0.39 is 66.2 Å². The second kappa shape index (κ2) is 28.4. The maximum atomic E-state index is 12.2. The van der Waals surface area contributed by atoms with Crippen molar-refractivity contribution in [1.82, 2.24) is 39.0 Å². The van der Waals surface area contributed by atoms with Crippen LogP contribution in [-0.4, -0.2) is 149 Å². The summed E-state index contributed by atoms with van der Waals surface area (Å²) in [6, 6.07) is 0. The Labute approximate surface area is 389 Å². The van der Waals surface area contributed by atoms with Gasteiger partial charge in [-0.1, -0.05) is 18.8 Å². The Hall–Kier alpha value is -3.43. The van der Waals surface area contributed by atoms with Gasteiger partial charge >= 0.3 is 23.5 Å². The van der Waals surface area contributed by atoms with Crippen LogP contribution in [0.4, 0.5) is 11.9 Å². The summed E-state index contributed by atoms with van der Waals surface area (Å²) < 4.78 is 63.7. The first-order chi connectivity index (χ1) is 32.2. The van der Waals surface area contributed by atoms with Gasteiger partial charge in [-0.25, -0.2) is 28.9 Å². The Bertz CT molecular complexity index is 2480. The second-order valence-electron chi connectivity index (χ2n) is 13.0. The molecule has 68 heavy (non-hydrogen) atoms. The van der Waals surface area contributed by atoms with E-state index in [1.165, 1.54) is 17.2 Å². The summed E-state index contributed by atoms with van der Waals surface area (Å²) in [5.41, 5.74) is 0.159. The number of aliphatic hydroxyl groups excluding tert-OH is 3. The molecule has 0 amide bonds. The Morgan fingerprint density at radius 1 is 0.809 bits per heavy atom. The van der Waals surface area contributed by atoms with Crippen LogP contribution in [0.3, 0.4) is 0 Å². The van der Waals surface area contributed by atoms with Crippen LogP contribution in [0.1, 0.15) is 15.7 Å². The lowest BCUT2D eigenvalue weighted by molar-refractivity contribution is -0.778. The standard InChI is InChI=1S/C14H22N5O13P3.C14H19N5O4.CH5P.H3O7P.2H2/c1-2-3-15-14-17-12-11(13(21)18-14)16-7-19(12)5-8-4-9(20)10(30-8)6-29-34(25,26)32-35(27,28)31-33(22,23)24;1-2-3-15-14-17-12-11(13(22)18-14)16-7-19(12)5-8-4-9(21)10(6-20)23-8;1-2;1-2-3-4-5-6-7-8;;/h2,7-10,20H,1,3-6H2,(H,25,26)(H,27,28)(H2,22,23,24)(H2,15,17,18,21);2,7-10,20-21H,1,3-6H2,(H2,15,17,18,22);2H2,1H3;1H,8H2;2*1H/t2*8-,9-,10-;;;;/m11..../s1. The second-order valence-corrected chi connectivity index (χ2v) is 17.6. The van der Waals surface area contributed by atoms with Crippen LogP contribution < -0.4 is 21.8 Å². The molecule has 4 unspecified atom stereocenters. The van der Waals surface area contributed by atoms with E-state index in [0.29, 0.717) is 37.7 Å². The number of hydrogen-bond donors (Lipinski definition) is 12. The van der Waals surface area contributed by atoms with Crippen molar-refractivity contribution >= 4 is 76.4 Å². The highest BCUT2D eigenvalue weighted by atomic mass is 31.3. The molecule has 2 aliphatic heterocycles. The van der Waals surface area contributed by atoms with Gasteiger partial charge in [0.15, 0.2) is 22.3 Å². The molecule has 0 saturated carbocycles. The summed E-state index contributed by atoms with van der Waals surface area (Å²) in [5, 5.41) is 58.8. The largest absolute Gasteiger partial charge is 0.490 e. The topological polar surface area (TPSA) is 466 Å². The maximum absolute atomic E-state index is 12.2. The van der Waals surface area contributed by atoms with E-state index in [1.807, 2.05) is 6.66 Å². The Morgan fingerprint density at radius 2 is 1.28 bits per heavy atom. The molecule has 4 aromatic heterocycles. The van der Waals surface area contributed by atoms with Crippen LogP contribution >= 0.6 is 42.2 Å². The number of aliphatic hydroxyl groups is 3. The third-order valence-corrected chi connectivity index (χ3v) is 12.2. The van der Waals surface area contributed by atoms with Crippen molar-refractivity contribution in [3.05, 3.63) is 58.7 Å². The smallest absolute Gasteiger partial charge is 0.394 e. The predicted octanol–water partition coefficient (Wildman–Crippen LogP) is -0.285. The minimum atomic E-state index is -5.66. The zero-order chi connectivity index (χ0) is 50.7. The SMILES string of the molecule is C=CCNc1nc2c(ncn2C[C@H]2C[C@@H](O)[C@@H](CO)O2)c(=O)[nH]1.C=CCNc1nc2c(ncn2C[C@H]2C[C@@H](O)[C@@H](COP(=O)(O)OP(=O)(O)OP(=O)(O)O)O2)c(=O)[nH]1.CP.OOOOOOOP.[HH].[HH]. The molecule has 6 heterocycles. The highest BCUT2D eigenvalue weighted by Crippen LogP contribution is 2.66. The lowest BCUT2D eigenvalue weighted by Crippen LogP contribution is -2.26. The van der Waals surface area contributed by atoms with Crippen LogP contribution in [0.15, 0.2) is 47.6 Å². The van der Waals surface area contributed by atoms with Crippen LogP contribution in [-0.2, 0) is 79.3 Å². The quantitative estimate of drug-likeness (QED) is 0.0149. The minimum absolute atomic E-state index is 0. The number of fused-ring (bicyclic) bond motifs is 2. The predicted molar refractivity (Wildman–Crippen MR) is 238 cm³/mol. The van der Waals surface area contributed by atoms with Gasteiger partial charge in [0.2, 0.25) is 11.9 Å². The number of phosphoric acid groups is 3. The fraction of sp³-hybridized carbons (Fsp3) is 0.517. The number of ether oxygens (including phenoxy) is 2. The van der Waals surface area contributed by atoms with Crippen molar-refractivity contribution < 1.29 is 109 Å². The van der Waals surface area contributed by atoms with Crippen molar-refractivity contribution in [2.24, 2.45) is 0 Å². The van der Waals surface area contributed by atoms with Gasteiger partial charge in [-0.2, -0.15) is 23.3 Å². The number of rotatable bonds is 23. The van der Waals surface area contributed by atoms with Gasteiger partial charge in [0, 0.05) is 38.3 Å². The number of nitrogens with zero attached hydrogens (tertiary/aromatic N) is 6. The molecule has 4 aromatic rings. The number of anilines is 2. The average molecular weight is 1080 g/mol. The highest BCUT2D eigenvalue weighted by molar-refractivity contribution is 7.66. The first kappa shape index (κ1) is 58.9. The van der Waals surface area contributed by atoms with Gasteiger partial charge in [-0.3, -0.25) is 24.1 Å². The van der Waals surface area contributed by atoms with E-state index in [0.717, 1.165) is 0 Å². The Morgan fingerprint density at radius 3 is 1.71 bits per heavy atom. The number of imidazole rings is 2. The third kappa shape index (κ3) is 19.1. The minimum Gasteiger partial charge on any atom is -0.394 e. The molecule has 0 aliphatic carbocycles. The number of hydrogen-bond acceptors (Lipinski definition) is 26. The summed E-state index contributed by atoms with van der Waals surface area (Å²) in [6.45, 7) is 9.34. The van der Waals surface area contributed by atoms with Gasteiger partial charge in [-0.15, -0.1) is 22.4 Å². The molecule has 39 heteroatoms. The van der Waals surface area contributed by atoms with Crippen molar-refractivity contribution in [3.63, 3.8) is 0 Å². The number of nitrogens with one attached hydrogen (secondary N) is 4. The van der Waals surface area contributed by atoms with Crippen molar-refractivity contribution in [2.75, 3.05) is 43.6 Å². The number of H-pyrrole nitrogens is 2. The highest BCUT2D eigenvalue weighted by Gasteiger charge is 2.43. The van der Waals surface area contributed by atoms with E-state index in [-0.39, 0.29) is 56.7 Å². The summed E-state index contributed by atoms with van der Waals surface area (Å²) in [4.78, 5) is 81.8. The molecular formula is C29H53N10O24P5. The number of phosphoric ester groups is 1. The third-order valence-electron chi connectivity index (χ3n) is 8.33. The molecule has 34 nitrogen and oxygen atoms in total. The van der Waals surface area contributed by atoms with Gasteiger partial charge in [0.05, 0.1) is 63.4 Å². The van der Waals surface area contributed by atoms with E-state index in [9.17, 15) is 38.4 Å². The number of aromatic amines is 2. The van der Waals surface area contributed by atoms with E-state index in [2.05, 4.69) is 106 Å². The summed E-state index contributed by atoms with van der Waals surface area (Å²) in [6.07, 6.45) is 1.95. The molecule has 2 aliphatic rings. The van der Waals surface area contributed by atoms with Gasteiger partial charge < -0.3 is 64.1 Å². The molecule has 0 aromatic carbocycles.